The van der Waals surface area contributed by atoms with E-state index in [1.165, 1.54) is 11.6 Å². The Hall–Kier alpha value is -0.410. The Morgan fingerprint density at radius 3 is 2.59 bits per heavy atom. The SMILES string of the molecule is CNC(CCCc1ccc(F)c(Br)c1)C(C)C. The van der Waals surface area contributed by atoms with E-state index in [9.17, 15) is 4.39 Å². The quantitative estimate of drug-likeness (QED) is 0.832. The molecule has 0 aliphatic heterocycles. The van der Waals surface area contributed by atoms with Crippen molar-refractivity contribution in [3.05, 3.63) is 34.1 Å². The molecule has 0 aliphatic rings. The molecule has 0 aliphatic carbocycles. The smallest absolute Gasteiger partial charge is 0.137 e. The number of aryl methyl sites for hydroxylation is 1. The van der Waals surface area contributed by atoms with Crippen molar-refractivity contribution in [1.29, 1.82) is 0 Å². The standard InChI is InChI=1S/C14H21BrFN/c1-10(2)14(17-3)6-4-5-11-7-8-13(16)12(15)9-11/h7-10,14,17H,4-6H2,1-3H3. The number of benzene rings is 1. The van der Waals surface area contributed by atoms with E-state index in [0.717, 1.165) is 19.3 Å². The first kappa shape index (κ1) is 14.7. The van der Waals surface area contributed by atoms with Crippen molar-refractivity contribution < 1.29 is 4.39 Å². The third-order valence-electron chi connectivity index (χ3n) is 3.14. The van der Waals surface area contributed by atoms with Crippen LogP contribution in [0.25, 0.3) is 0 Å². The third-order valence-corrected chi connectivity index (χ3v) is 3.75. The van der Waals surface area contributed by atoms with E-state index in [1.807, 2.05) is 19.2 Å². The summed E-state index contributed by atoms with van der Waals surface area (Å²) in [5.74, 6) is 0.462. The lowest BCUT2D eigenvalue weighted by atomic mass is 9.97. The van der Waals surface area contributed by atoms with Crippen LogP contribution >= 0.6 is 15.9 Å². The summed E-state index contributed by atoms with van der Waals surface area (Å²) >= 11 is 3.22. The average molecular weight is 302 g/mol. The minimum atomic E-state index is -0.191. The topological polar surface area (TPSA) is 12.0 Å². The van der Waals surface area contributed by atoms with Crippen molar-refractivity contribution in [1.82, 2.24) is 5.32 Å². The number of hydrogen-bond acceptors (Lipinski definition) is 1. The normalized spacial score (nSPS) is 13.1. The van der Waals surface area contributed by atoms with Crippen LogP contribution in [0.15, 0.2) is 22.7 Å². The Balaban J connectivity index is 2.42. The van der Waals surface area contributed by atoms with Crippen molar-refractivity contribution in [2.75, 3.05) is 7.05 Å². The van der Waals surface area contributed by atoms with Crippen LogP contribution in [0.2, 0.25) is 0 Å². The van der Waals surface area contributed by atoms with E-state index in [1.54, 1.807) is 0 Å². The van der Waals surface area contributed by atoms with Crippen LogP contribution in [0.1, 0.15) is 32.3 Å². The van der Waals surface area contributed by atoms with Crippen LogP contribution in [-0.4, -0.2) is 13.1 Å². The molecule has 1 rings (SSSR count). The van der Waals surface area contributed by atoms with Crippen LogP contribution < -0.4 is 5.32 Å². The summed E-state index contributed by atoms with van der Waals surface area (Å²) in [5.41, 5.74) is 1.19. The zero-order valence-corrected chi connectivity index (χ0v) is 12.3. The summed E-state index contributed by atoms with van der Waals surface area (Å²) in [7, 11) is 2.01. The molecule has 0 saturated carbocycles. The van der Waals surface area contributed by atoms with Gasteiger partial charge in [0.2, 0.25) is 0 Å². The number of rotatable bonds is 6. The monoisotopic (exact) mass is 301 g/mol. The molecule has 0 amide bonds. The van der Waals surface area contributed by atoms with Crippen LogP contribution in [0.5, 0.6) is 0 Å². The highest BCUT2D eigenvalue weighted by molar-refractivity contribution is 9.10. The van der Waals surface area contributed by atoms with Crippen molar-refractivity contribution in [2.45, 2.75) is 39.2 Å². The molecule has 0 aromatic heterocycles. The molecule has 1 unspecified atom stereocenters. The van der Waals surface area contributed by atoms with Gasteiger partial charge in [-0.2, -0.15) is 0 Å². The molecule has 0 saturated heterocycles. The largest absolute Gasteiger partial charge is 0.317 e. The summed E-state index contributed by atoms with van der Waals surface area (Å²) in [6, 6.07) is 5.83. The lowest BCUT2D eigenvalue weighted by Crippen LogP contribution is -2.30. The van der Waals surface area contributed by atoms with E-state index >= 15 is 0 Å². The van der Waals surface area contributed by atoms with Gasteiger partial charge in [-0.1, -0.05) is 19.9 Å². The zero-order valence-electron chi connectivity index (χ0n) is 10.8. The van der Waals surface area contributed by atoms with Gasteiger partial charge in [-0.15, -0.1) is 0 Å². The Bertz CT molecular complexity index is 352. The highest BCUT2D eigenvalue weighted by atomic mass is 79.9. The predicted octanol–water partition coefficient (Wildman–Crippen LogP) is 4.15. The van der Waals surface area contributed by atoms with Gasteiger partial charge in [-0.25, -0.2) is 4.39 Å². The highest BCUT2D eigenvalue weighted by Crippen LogP contribution is 2.19. The molecule has 0 heterocycles. The van der Waals surface area contributed by atoms with Gasteiger partial charge < -0.3 is 5.32 Å². The van der Waals surface area contributed by atoms with Gasteiger partial charge in [0, 0.05) is 6.04 Å². The second kappa shape index (κ2) is 7.12. The maximum absolute atomic E-state index is 13.1. The van der Waals surface area contributed by atoms with E-state index in [2.05, 4.69) is 35.1 Å². The first-order valence-corrected chi connectivity index (χ1v) is 6.95. The molecule has 1 N–H and O–H groups in total. The number of nitrogens with one attached hydrogen (secondary N) is 1. The molecule has 0 spiro atoms. The molecule has 3 heteroatoms. The zero-order chi connectivity index (χ0) is 12.8. The Morgan fingerprint density at radius 1 is 1.35 bits per heavy atom. The van der Waals surface area contributed by atoms with Crippen molar-refractivity contribution in [3.8, 4) is 0 Å². The third kappa shape index (κ3) is 4.76. The highest BCUT2D eigenvalue weighted by Gasteiger charge is 2.10. The van der Waals surface area contributed by atoms with Crippen LogP contribution in [0.4, 0.5) is 4.39 Å². The Labute approximate surface area is 112 Å². The predicted molar refractivity (Wildman–Crippen MR) is 74.7 cm³/mol. The molecule has 1 aromatic rings. The Morgan fingerprint density at radius 2 is 2.06 bits per heavy atom. The number of halogens is 2. The molecule has 1 nitrogen and oxygen atoms in total. The van der Waals surface area contributed by atoms with E-state index < -0.39 is 0 Å². The van der Waals surface area contributed by atoms with Gasteiger partial charge in [-0.3, -0.25) is 0 Å². The molecular formula is C14H21BrFN. The summed E-state index contributed by atoms with van der Waals surface area (Å²) in [6.45, 7) is 4.46. The summed E-state index contributed by atoms with van der Waals surface area (Å²) in [5, 5.41) is 3.34. The molecule has 17 heavy (non-hydrogen) atoms. The van der Waals surface area contributed by atoms with Crippen LogP contribution in [0, 0.1) is 11.7 Å². The van der Waals surface area contributed by atoms with Gasteiger partial charge in [-0.05, 0) is 65.9 Å². The molecule has 96 valence electrons. The molecular weight excluding hydrogens is 281 g/mol. The first-order chi connectivity index (χ1) is 8.04. The lowest BCUT2D eigenvalue weighted by Gasteiger charge is -2.19. The first-order valence-electron chi connectivity index (χ1n) is 6.15. The summed E-state index contributed by atoms with van der Waals surface area (Å²) < 4.78 is 13.6. The van der Waals surface area contributed by atoms with Gasteiger partial charge >= 0.3 is 0 Å². The minimum Gasteiger partial charge on any atom is -0.317 e. The molecule has 1 atom stereocenters. The minimum absolute atomic E-state index is 0.191. The van der Waals surface area contributed by atoms with Crippen LogP contribution in [0.3, 0.4) is 0 Å². The fourth-order valence-corrected chi connectivity index (χ4v) is 2.46. The van der Waals surface area contributed by atoms with Gasteiger partial charge in [0.25, 0.3) is 0 Å². The molecule has 0 fully saturated rings. The van der Waals surface area contributed by atoms with Crippen LogP contribution in [-0.2, 0) is 6.42 Å². The van der Waals surface area contributed by atoms with E-state index in [4.69, 9.17) is 0 Å². The van der Waals surface area contributed by atoms with Gasteiger partial charge in [0.15, 0.2) is 0 Å². The van der Waals surface area contributed by atoms with Crippen molar-refractivity contribution in [3.63, 3.8) is 0 Å². The van der Waals surface area contributed by atoms with Gasteiger partial charge in [0.1, 0.15) is 5.82 Å². The second-order valence-corrected chi connectivity index (χ2v) is 5.63. The number of hydrogen-bond donors (Lipinski definition) is 1. The summed E-state index contributed by atoms with van der Waals surface area (Å²) in [6.07, 6.45) is 3.29. The van der Waals surface area contributed by atoms with Gasteiger partial charge in [0.05, 0.1) is 4.47 Å². The molecule has 0 radical (unpaired) electrons. The lowest BCUT2D eigenvalue weighted by molar-refractivity contribution is 0.393. The van der Waals surface area contributed by atoms with E-state index in [0.29, 0.717) is 16.4 Å². The maximum Gasteiger partial charge on any atom is 0.137 e. The summed E-state index contributed by atoms with van der Waals surface area (Å²) in [4.78, 5) is 0. The average Bonchev–Trinajstić information content (AvgIpc) is 2.28. The fraction of sp³-hybridized carbons (Fsp3) is 0.571. The second-order valence-electron chi connectivity index (χ2n) is 4.78. The molecule has 1 aromatic carbocycles. The Kier molecular flexibility index (Phi) is 6.14. The van der Waals surface area contributed by atoms with Crippen molar-refractivity contribution >= 4 is 15.9 Å². The van der Waals surface area contributed by atoms with E-state index in [-0.39, 0.29) is 5.82 Å². The molecule has 0 bridgehead atoms. The maximum atomic E-state index is 13.1. The van der Waals surface area contributed by atoms with Crippen molar-refractivity contribution in [2.24, 2.45) is 5.92 Å². The fourth-order valence-electron chi connectivity index (χ4n) is 2.03.